The van der Waals surface area contributed by atoms with Crippen LogP contribution in [0.2, 0.25) is 0 Å². The van der Waals surface area contributed by atoms with Crippen molar-refractivity contribution in [1.29, 1.82) is 0 Å². The molecule has 182 valence electrons. The molecule has 0 aromatic heterocycles. The van der Waals surface area contributed by atoms with Crippen LogP contribution >= 0.6 is 0 Å². The molecule has 33 heavy (non-hydrogen) atoms. The van der Waals surface area contributed by atoms with Crippen molar-refractivity contribution in [3.05, 3.63) is 35.9 Å². The molecule has 0 bridgehead atoms. The van der Waals surface area contributed by atoms with Gasteiger partial charge in [0.2, 0.25) is 5.91 Å². The van der Waals surface area contributed by atoms with Crippen molar-refractivity contribution in [3.8, 4) is 0 Å². The fourth-order valence-corrected chi connectivity index (χ4v) is 6.13. The summed E-state index contributed by atoms with van der Waals surface area (Å²) < 4.78 is 0. The molecule has 1 aliphatic heterocycles. The highest BCUT2D eigenvalue weighted by molar-refractivity contribution is 5.83. The zero-order chi connectivity index (χ0) is 24.1. The van der Waals surface area contributed by atoms with Crippen molar-refractivity contribution in [2.45, 2.75) is 75.5 Å². The second-order valence-corrected chi connectivity index (χ2v) is 11.6. The van der Waals surface area contributed by atoms with E-state index in [2.05, 4.69) is 43.3 Å². The lowest BCUT2D eigenvalue weighted by molar-refractivity contribution is -0.126. The molecule has 2 saturated carbocycles. The second-order valence-electron chi connectivity index (χ2n) is 11.6. The Bertz CT molecular complexity index is 886. The Morgan fingerprint density at radius 3 is 2.18 bits per heavy atom. The van der Waals surface area contributed by atoms with Crippen molar-refractivity contribution < 1.29 is 14.7 Å². The predicted molar refractivity (Wildman–Crippen MR) is 128 cm³/mol. The lowest BCUT2D eigenvalue weighted by Crippen LogP contribution is -2.59. The van der Waals surface area contributed by atoms with Gasteiger partial charge in [0, 0.05) is 18.6 Å². The van der Waals surface area contributed by atoms with Gasteiger partial charge in [-0.25, -0.2) is 4.79 Å². The molecule has 3 fully saturated rings. The number of nitrogens with two attached hydrogens (primary N) is 1. The third-order valence-electron chi connectivity index (χ3n) is 8.72. The topological polar surface area (TPSA) is 90.1 Å². The van der Waals surface area contributed by atoms with Gasteiger partial charge in [0.1, 0.15) is 0 Å². The number of carbonyl (C=O) groups excluding carboxylic acids is 2. The predicted octanol–water partition coefficient (Wildman–Crippen LogP) is 2.92. The zero-order valence-electron chi connectivity index (χ0n) is 20.6. The van der Waals surface area contributed by atoms with E-state index in [1.165, 1.54) is 5.56 Å². The number of aliphatic hydroxyl groups is 1. The number of amides is 3. The number of primary amides is 1. The summed E-state index contributed by atoms with van der Waals surface area (Å²) in [6.45, 7) is 4.85. The molecule has 7 heteroatoms. The highest BCUT2D eigenvalue weighted by Gasteiger charge is 2.57. The molecule has 1 spiro atoms. The van der Waals surface area contributed by atoms with Crippen LogP contribution in [0.15, 0.2) is 30.3 Å². The van der Waals surface area contributed by atoms with Gasteiger partial charge in [-0.2, -0.15) is 0 Å². The number of β-amino-alcohol motifs (C(OH)–C–C–N with tert-alkyl or cyclic N) is 1. The van der Waals surface area contributed by atoms with Crippen LogP contribution in [0.25, 0.3) is 0 Å². The lowest BCUT2D eigenvalue weighted by Gasteiger charge is -2.52. The highest BCUT2D eigenvalue weighted by atomic mass is 16.3. The molecule has 1 heterocycles. The maximum absolute atomic E-state index is 13.6. The molecule has 1 aromatic rings. The van der Waals surface area contributed by atoms with E-state index in [4.69, 9.17) is 5.73 Å². The van der Waals surface area contributed by atoms with Gasteiger partial charge in [-0.3, -0.25) is 9.69 Å². The van der Waals surface area contributed by atoms with E-state index in [1.54, 1.807) is 18.7 Å². The summed E-state index contributed by atoms with van der Waals surface area (Å²) in [5, 5.41) is 11.0. The number of hydrogen-bond acceptors (Lipinski definition) is 4. The molecule has 3 N–H and O–H groups in total. The minimum absolute atomic E-state index is 0.0679. The fraction of sp³-hybridized carbons (Fsp3) is 0.692. The first-order chi connectivity index (χ1) is 15.4. The summed E-state index contributed by atoms with van der Waals surface area (Å²) in [6, 6.07) is 10.6. The highest BCUT2D eigenvalue weighted by Crippen LogP contribution is 2.50. The van der Waals surface area contributed by atoms with Crippen molar-refractivity contribution in [1.82, 2.24) is 14.7 Å². The SMILES string of the molecule is CN(C)[C@]1(c2ccccc2)CC[C@@]2(CC1)CN(CC(C)(C)C(N)=O)C(=O)N2CC1(O)CCC1. The van der Waals surface area contributed by atoms with E-state index in [0.717, 1.165) is 44.9 Å². The maximum atomic E-state index is 13.6. The number of rotatable bonds is 7. The van der Waals surface area contributed by atoms with Gasteiger partial charge < -0.3 is 20.6 Å². The number of hydrogen-bond donors (Lipinski definition) is 2. The number of benzene rings is 1. The van der Waals surface area contributed by atoms with Crippen molar-refractivity contribution in [3.63, 3.8) is 0 Å². The standard InChI is InChI=1S/C26H40N4O3/c1-23(2,21(27)31)17-29-18-24(30(22(29)32)19-25(33)11-8-12-25)13-15-26(16-14-24,28(3)4)20-9-6-5-7-10-20/h5-7,9-10,33H,8,11-19H2,1-4H3,(H2,27,31)/t24-,26-. The van der Waals surface area contributed by atoms with Crippen LogP contribution in [0, 0.1) is 5.41 Å². The maximum Gasteiger partial charge on any atom is 0.320 e. The molecular weight excluding hydrogens is 416 g/mol. The Morgan fingerprint density at radius 2 is 1.70 bits per heavy atom. The van der Waals surface area contributed by atoms with Crippen LogP contribution in [0.3, 0.4) is 0 Å². The first kappa shape index (κ1) is 24.0. The molecule has 2 aliphatic carbocycles. The van der Waals surface area contributed by atoms with Crippen LogP contribution in [-0.4, -0.2) is 76.6 Å². The second kappa shape index (κ2) is 8.27. The minimum atomic E-state index is -0.799. The summed E-state index contributed by atoms with van der Waals surface area (Å²) in [5.74, 6) is -0.403. The summed E-state index contributed by atoms with van der Waals surface area (Å²) >= 11 is 0. The third-order valence-corrected chi connectivity index (χ3v) is 8.72. The van der Waals surface area contributed by atoms with Gasteiger partial charge >= 0.3 is 6.03 Å². The number of nitrogens with zero attached hydrogens (tertiary/aromatic N) is 3. The van der Waals surface area contributed by atoms with E-state index in [0.29, 0.717) is 19.6 Å². The van der Waals surface area contributed by atoms with Crippen molar-refractivity contribution in [2.75, 3.05) is 33.7 Å². The summed E-state index contributed by atoms with van der Waals surface area (Å²) in [4.78, 5) is 31.7. The van der Waals surface area contributed by atoms with Crippen molar-refractivity contribution in [2.24, 2.45) is 11.1 Å². The molecule has 3 aliphatic rings. The first-order valence-electron chi connectivity index (χ1n) is 12.3. The molecule has 0 radical (unpaired) electrons. The Kier molecular flexibility index (Phi) is 6.02. The first-order valence-corrected chi connectivity index (χ1v) is 12.3. The molecule has 4 rings (SSSR count). The van der Waals surface area contributed by atoms with Gasteiger partial charge in [0.05, 0.1) is 23.1 Å². The summed E-state index contributed by atoms with van der Waals surface area (Å²) in [7, 11) is 4.28. The Morgan fingerprint density at radius 1 is 1.09 bits per heavy atom. The van der Waals surface area contributed by atoms with Crippen LogP contribution in [-0.2, 0) is 10.3 Å². The molecule has 1 aromatic carbocycles. The average Bonchev–Trinajstić information content (AvgIpc) is 2.98. The molecule has 3 amide bonds. The Balaban J connectivity index is 1.62. The molecule has 7 nitrogen and oxygen atoms in total. The molecular formula is C26H40N4O3. The summed E-state index contributed by atoms with van der Waals surface area (Å²) in [5.41, 5.74) is 4.95. The number of urea groups is 1. The van der Waals surface area contributed by atoms with Gasteiger partial charge in [-0.1, -0.05) is 30.3 Å². The molecule has 1 saturated heterocycles. The Labute approximate surface area is 197 Å². The normalized spacial score (nSPS) is 29.6. The van der Waals surface area contributed by atoms with Crippen molar-refractivity contribution >= 4 is 11.9 Å². The number of carbonyl (C=O) groups is 2. The van der Waals surface area contributed by atoms with Gasteiger partial charge in [-0.15, -0.1) is 0 Å². The fourth-order valence-electron chi connectivity index (χ4n) is 6.13. The zero-order valence-corrected chi connectivity index (χ0v) is 20.6. The van der Waals surface area contributed by atoms with Gasteiger partial charge in [0.15, 0.2) is 0 Å². The van der Waals surface area contributed by atoms with E-state index in [-0.39, 0.29) is 17.1 Å². The monoisotopic (exact) mass is 456 g/mol. The van der Waals surface area contributed by atoms with Crippen LogP contribution in [0.1, 0.15) is 64.4 Å². The van der Waals surface area contributed by atoms with E-state index in [9.17, 15) is 14.7 Å². The lowest BCUT2D eigenvalue weighted by atomic mass is 9.67. The average molecular weight is 457 g/mol. The summed E-state index contributed by atoms with van der Waals surface area (Å²) in [6.07, 6.45) is 6.06. The van der Waals surface area contributed by atoms with Crippen LogP contribution in [0.4, 0.5) is 4.79 Å². The minimum Gasteiger partial charge on any atom is -0.388 e. The quantitative estimate of drug-likeness (QED) is 0.660. The largest absolute Gasteiger partial charge is 0.388 e. The van der Waals surface area contributed by atoms with E-state index >= 15 is 0 Å². The van der Waals surface area contributed by atoms with E-state index in [1.807, 2.05) is 11.0 Å². The third kappa shape index (κ3) is 4.14. The van der Waals surface area contributed by atoms with Crippen LogP contribution in [0.5, 0.6) is 0 Å². The molecule has 0 unspecified atom stereocenters. The smallest absolute Gasteiger partial charge is 0.320 e. The van der Waals surface area contributed by atoms with Gasteiger partial charge in [-0.05, 0) is 78.5 Å². The van der Waals surface area contributed by atoms with E-state index < -0.39 is 16.9 Å². The Hall–Kier alpha value is -2.12. The van der Waals surface area contributed by atoms with Gasteiger partial charge in [0.25, 0.3) is 0 Å². The van der Waals surface area contributed by atoms with Crippen LogP contribution < -0.4 is 5.73 Å². The molecule has 0 atom stereocenters.